The number of hydrogen-bond acceptors (Lipinski definition) is 4. The lowest BCUT2D eigenvalue weighted by Gasteiger charge is -2.17. The first-order valence-corrected chi connectivity index (χ1v) is 11.6. The Morgan fingerprint density at radius 3 is 2.16 bits per heavy atom. The fourth-order valence-corrected chi connectivity index (χ4v) is 4.17. The lowest BCUT2D eigenvalue weighted by Crippen LogP contribution is -2.21. The number of aliphatic imine (C=N–C) groups is 1. The molecule has 0 saturated carbocycles. The van der Waals surface area contributed by atoms with E-state index in [-0.39, 0.29) is 10.8 Å². The van der Waals surface area contributed by atoms with Gasteiger partial charge in [0.15, 0.2) is 9.84 Å². The Balaban J connectivity index is 2.52. The standard InChI is InChI=1S/C23H26F3NO3S/c1-5-15(2)20(13-22(27-3)23(24,25)26)17-8-6-16(7-9-17)18-10-11-19(14-28)21(12-18)31(4,29)30/h6-13,15,28H,5,14H2,1-4H3/b20-13+,27-22?/t15-/m1/s1. The van der Waals surface area contributed by atoms with Crippen molar-refractivity contribution in [1.29, 1.82) is 0 Å². The molecule has 0 aliphatic carbocycles. The zero-order valence-corrected chi connectivity index (χ0v) is 18.7. The Morgan fingerprint density at radius 1 is 1.13 bits per heavy atom. The van der Waals surface area contributed by atoms with Crippen LogP contribution in [-0.4, -0.2) is 38.7 Å². The van der Waals surface area contributed by atoms with Crippen molar-refractivity contribution in [3.63, 3.8) is 0 Å². The summed E-state index contributed by atoms with van der Waals surface area (Å²) < 4.78 is 63.7. The van der Waals surface area contributed by atoms with Gasteiger partial charge in [0.1, 0.15) is 5.71 Å². The normalized spacial score (nSPS) is 14.6. The number of benzene rings is 2. The molecule has 0 aliphatic heterocycles. The van der Waals surface area contributed by atoms with Gasteiger partial charge in [0, 0.05) is 13.3 Å². The molecule has 0 amide bonds. The molecular weight excluding hydrogens is 427 g/mol. The van der Waals surface area contributed by atoms with Crippen molar-refractivity contribution in [1.82, 2.24) is 0 Å². The highest BCUT2D eigenvalue weighted by molar-refractivity contribution is 7.90. The smallest absolute Gasteiger partial charge is 0.392 e. The quantitative estimate of drug-likeness (QED) is 0.578. The third-order valence-corrected chi connectivity index (χ3v) is 6.33. The molecule has 2 aromatic rings. The van der Waals surface area contributed by atoms with Crippen molar-refractivity contribution in [2.75, 3.05) is 13.3 Å². The summed E-state index contributed by atoms with van der Waals surface area (Å²) in [6.45, 7) is 3.36. The zero-order chi connectivity index (χ0) is 23.4. The molecule has 0 spiro atoms. The van der Waals surface area contributed by atoms with Crippen LogP contribution in [0.15, 0.2) is 58.4 Å². The van der Waals surface area contributed by atoms with Gasteiger partial charge < -0.3 is 5.11 Å². The van der Waals surface area contributed by atoms with E-state index in [0.29, 0.717) is 34.2 Å². The van der Waals surface area contributed by atoms with Crippen LogP contribution in [-0.2, 0) is 16.4 Å². The fraction of sp³-hybridized carbons (Fsp3) is 0.348. The average molecular weight is 454 g/mol. The molecule has 0 heterocycles. The number of sulfone groups is 1. The Labute approximate surface area is 181 Å². The number of allylic oxidation sites excluding steroid dienone is 2. The number of nitrogens with zero attached hydrogens (tertiary/aromatic N) is 1. The first kappa shape index (κ1) is 24.8. The first-order chi connectivity index (χ1) is 14.4. The van der Waals surface area contributed by atoms with E-state index in [4.69, 9.17) is 0 Å². The van der Waals surface area contributed by atoms with Crippen molar-refractivity contribution >= 4 is 21.1 Å². The minimum absolute atomic E-state index is 0.0470. The van der Waals surface area contributed by atoms with E-state index in [1.807, 2.05) is 13.8 Å². The number of aliphatic hydroxyl groups excluding tert-OH is 1. The van der Waals surface area contributed by atoms with Crippen LogP contribution in [0.1, 0.15) is 31.4 Å². The second kappa shape index (κ2) is 9.78. The monoisotopic (exact) mass is 453 g/mol. The van der Waals surface area contributed by atoms with E-state index >= 15 is 0 Å². The largest absolute Gasteiger partial charge is 0.432 e. The maximum atomic E-state index is 13.2. The molecule has 2 rings (SSSR count). The maximum Gasteiger partial charge on any atom is 0.432 e. The highest BCUT2D eigenvalue weighted by atomic mass is 32.2. The summed E-state index contributed by atoms with van der Waals surface area (Å²) in [5.74, 6) is -0.120. The molecule has 0 aliphatic rings. The van der Waals surface area contributed by atoms with Crippen molar-refractivity contribution in [2.24, 2.45) is 10.9 Å². The molecule has 8 heteroatoms. The summed E-state index contributed by atoms with van der Waals surface area (Å²) in [5.41, 5.74) is 1.87. The lowest BCUT2D eigenvalue weighted by molar-refractivity contribution is -0.0577. The Bertz CT molecular complexity index is 1090. The van der Waals surface area contributed by atoms with Crippen molar-refractivity contribution in [2.45, 2.75) is 37.9 Å². The zero-order valence-electron chi connectivity index (χ0n) is 17.9. The van der Waals surface area contributed by atoms with E-state index in [1.165, 1.54) is 6.07 Å². The van der Waals surface area contributed by atoms with Crippen LogP contribution in [0.25, 0.3) is 16.7 Å². The van der Waals surface area contributed by atoms with Gasteiger partial charge in [0.2, 0.25) is 0 Å². The second-order valence-electron chi connectivity index (χ2n) is 7.35. The van der Waals surface area contributed by atoms with Crippen LogP contribution < -0.4 is 0 Å². The molecule has 1 N–H and O–H groups in total. The predicted molar refractivity (Wildman–Crippen MR) is 118 cm³/mol. The van der Waals surface area contributed by atoms with Crippen LogP contribution in [0.5, 0.6) is 0 Å². The van der Waals surface area contributed by atoms with Gasteiger partial charge in [-0.1, -0.05) is 50.2 Å². The van der Waals surface area contributed by atoms with Crippen molar-refractivity contribution in [3.05, 3.63) is 59.7 Å². The molecule has 0 radical (unpaired) electrons. The summed E-state index contributed by atoms with van der Waals surface area (Å²) in [7, 11) is -2.41. The van der Waals surface area contributed by atoms with E-state index in [0.717, 1.165) is 19.4 Å². The van der Waals surface area contributed by atoms with Crippen LogP contribution in [0, 0.1) is 5.92 Å². The van der Waals surface area contributed by atoms with Crippen LogP contribution in [0.2, 0.25) is 0 Å². The molecule has 4 nitrogen and oxygen atoms in total. The van der Waals surface area contributed by atoms with Crippen LogP contribution in [0.3, 0.4) is 0 Å². The third-order valence-electron chi connectivity index (χ3n) is 5.16. The van der Waals surface area contributed by atoms with Gasteiger partial charge in [-0.2, -0.15) is 13.2 Å². The number of rotatable bonds is 7. The van der Waals surface area contributed by atoms with Gasteiger partial charge in [-0.05, 0) is 52.3 Å². The van der Waals surface area contributed by atoms with Gasteiger partial charge in [0.25, 0.3) is 0 Å². The van der Waals surface area contributed by atoms with E-state index < -0.39 is 28.3 Å². The van der Waals surface area contributed by atoms with Gasteiger partial charge in [0.05, 0.1) is 11.5 Å². The fourth-order valence-electron chi connectivity index (χ4n) is 3.22. The first-order valence-electron chi connectivity index (χ1n) is 9.72. The molecule has 0 bridgehead atoms. The number of hydrogen-bond donors (Lipinski definition) is 1. The second-order valence-corrected chi connectivity index (χ2v) is 9.33. The molecule has 1 atom stereocenters. The molecule has 0 aromatic heterocycles. The molecule has 31 heavy (non-hydrogen) atoms. The molecule has 0 saturated heterocycles. The summed E-state index contributed by atoms with van der Waals surface area (Å²) >= 11 is 0. The predicted octanol–water partition coefficient (Wildman–Crippen LogP) is 5.31. The van der Waals surface area contributed by atoms with Gasteiger partial charge in [-0.15, -0.1) is 0 Å². The molecular formula is C23H26F3NO3S. The molecule has 168 valence electrons. The number of halogens is 3. The third kappa shape index (κ3) is 6.04. The van der Waals surface area contributed by atoms with Gasteiger partial charge >= 0.3 is 6.18 Å². The van der Waals surface area contributed by atoms with Gasteiger partial charge in [-0.3, -0.25) is 4.99 Å². The van der Waals surface area contributed by atoms with Crippen molar-refractivity contribution < 1.29 is 26.7 Å². The Kier molecular flexibility index (Phi) is 7.83. The Hall–Kier alpha value is -2.45. The minimum Gasteiger partial charge on any atom is -0.392 e. The summed E-state index contributed by atoms with van der Waals surface area (Å²) in [6.07, 6.45) is -1.72. The summed E-state index contributed by atoms with van der Waals surface area (Å²) in [4.78, 5) is 3.44. The Morgan fingerprint density at radius 2 is 1.71 bits per heavy atom. The lowest BCUT2D eigenvalue weighted by atomic mass is 9.89. The minimum atomic E-state index is -4.54. The number of alkyl halides is 3. The maximum absolute atomic E-state index is 13.2. The highest BCUT2D eigenvalue weighted by Gasteiger charge is 2.34. The van der Waals surface area contributed by atoms with Crippen LogP contribution >= 0.6 is 0 Å². The molecule has 0 unspecified atom stereocenters. The van der Waals surface area contributed by atoms with E-state index in [9.17, 15) is 26.7 Å². The number of aliphatic hydroxyl groups is 1. The van der Waals surface area contributed by atoms with E-state index in [1.54, 1.807) is 36.4 Å². The summed E-state index contributed by atoms with van der Waals surface area (Å²) in [5, 5.41) is 9.41. The SMILES string of the molecule is CC[C@@H](C)/C(=C\C(=NC)C(F)(F)F)c1ccc(-c2ccc(CO)c(S(C)(=O)=O)c2)cc1. The van der Waals surface area contributed by atoms with Crippen LogP contribution in [0.4, 0.5) is 13.2 Å². The summed E-state index contributed by atoms with van der Waals surface area (Å²) in [6, 6.07) is 11.7. The average Bonchev–Trinajstić information content (AvgIpc) is 2.72. The molecule has 2 aromatic carbocycles. The van der Waals surface area contributed by atoms with Gasteiger partial charge in [-0.25, -0.2) is 8.42 Å². The topological polar surface area (TPSA) is 66.7 Å². The van der Waals surface area contributed by atoms with Crippen molar-refractivity contribution in [3.8, 4) is 11.1 Å². The molecule has 0 fully saturated rings. The van der Waals surface area contributed by atoms with E-state index in [2.05, 4.69) is 4.99 Å². The highest BCUT2D eigenvalue weighted by Crippen LogP contribution is 2.31.